The molecular formula is C16H22N5O+. The molecule has 0 radical (unpaired) electrons. The number of aromatic nitrogens is 2. The van der Waals surface area contributed by atoms with Crippen LogP contribution < -0.4 is 10.3 Å². The Bertz CT molecular complexity index is 616. The molecule has 0 atom stereocenters. The molecule has 2 aromatic rings. The first kappa shape index (κ1) is 14.7. The molecule has 3 rings (SSSR count). The van der Waals surface area contributed by atoms with Crippen LogP contribution in [0.4, 0.5) is 0 Å². The van der Waals surface area contributed by atoms with Crippen LogP contribution in [0.2, 0.25) is 0 Å². The van der Waals surface area contributed by atoms with Gasteiger partial charge in [0, 0.05) is 6.20 Å². The topological polar surface area (TPSA) is 54.6 Å². The second-order valence-corrected chi connectivity index (χ2v) is 5.80. The lowest BCUT2D eigenvalue weighted by molar-refractivity contribution is -0.884. The number of piperazine rings is 1. The fourth-order valence-electron chi connectivity index (χ4n) is 2.55. The lowest BCUT2D eigenvalue weighted by atomic mass is 10.2. The highest BCUT2D eigenvalue weighted by Gasteiger charge is 2.19. The third kappa shape index (κ3) is 3.72. The number of hydrogen-bond donors (Lipinski definition) is 2. The van der Waals surface area contributed by atoms with Gasteiger partial charge in [-0.15, -0.1) is 0 Å². The molecule has 116 valence electrons. The van der Waals surface area contributed by atoms with Gasteiger partial charge in [-0.1, -0.05) is 30.3 Å². The highest BCUT2D eigenvalue weighted by Crippen LogP contribution is 2.04. The second-order valence-electron chi connectivity index (χ2n) is 5.80. The van der Waals surface area contributed by atoms with Crippen molar-refractivity contribution in [3.63, 3.8) is 0 Å². The lowest BCUT2D eigenvalue weighted by Gasteiger charge is -2.29. The minimum Gasteiger partial charge on any atom is -0.335 e. The zero-order valence-corrected chi connectivity index (χ0v) is 12.8. The predicted octanol–water partition coefficient (Wildman–Crippen LogP) is -0.593. The van der Waals surface area contributed by atoms with E-state index >= 15 is 0 Å². The Morgan fingerprint density at radius 1 is 1.27 bits per heavy atom. The predicted molar refractivity (Wildman–Crippen MR) is 83.4 cm³/mol. The number of amides is 1. The van der Waals surface area contributed by atoms with Crippen LogP contribution in [0.3, 0.4) is 0 Å². The van der Waals surface area contributed by atoms with E-state index in [0.717, 1.165) is 26.2 Å². The van der Waals surface area contributed by atoms with Crippen molar-refractivity contribution in [2.75, 3.05) is 33.2 Å². The van der Waals surface area contributed by atoms with Crippen molar-refractivity contribution in [3.05, 3.63) is 53.9 Å². The van der Waals surface area contributed by atoms with Gasteiger partial charge in [-0.05, 0) is 5.56 Å². The van der Waals surface area contributed by atoms with Crippen LogP contribution in [0.5, 0.6) is 0 Å². The van der Waals surface area contributed by atoms with Crippen LogP contribution in [-0.4, -0.2) is 53.9 Å². The van der Waals surface area contributed by atoms with Gasteiger partial charge < -0.3 is 4.90 Å². The van der Waals surface area contributed by atoms with Gasteiger partial charge in [0.25, 0.3) is 5.91 Å². The molecule has 6 heteroatoms. The molecular weight excluding hydrogens is 278 g/mol. The highest BCUT2D eigenvalue weighted by molar-refractivity contribution is 5.93. The number of hydrazine groups is 1. The molecule has 1 aromatic heterocycles. The van der Waals surface area contributed by atoms with Crippen LogP contribution in [-0.2, 0) is 6.54 Å². The van der Waals surface area contributed by atoms with Crippen LogP contribution >= 0.6 is 0 Å². The zero-order chi connectivity index (χ0) is 15.4. The van der Waals surface area contributed by atoms with E-state index in [0.29, 0.717) is 12.1 Å². The lowest BCUT2D eigenvalue weighted by Crippen LogP contribution is -3.12. The zero-order valence-electron chi connectivity index (χ0n) is 12.8. The van der Waals surface area contributed by atoms with Crippen LogP contribution in [0.1, 0.15) is 15.9 Å². The third-order valence-corrected chi connectivity index (χ3v) is 3.96. The molecule has 1 amide bonds. The maximum absolute atomic E-state index is 12.2. The Kier molecular flexibility index (Phi) is 4.50. The largest absolute Gasteiger partial charge is 0.335 e. The van der Waals surface area contributed by atoms with E-state index in [1.165, 1.54) is 10.5 Å². The molecule has 0 spiro atoms. The second kappa shape index (κ2) is 6.72. The number of quaternary nitrogens is 1. The Balaban J connectivity index is 1.57. The molecule has 0 aliphatic carbocycles. The molecule has 0 saturated carbocycles. The standard InChI is InChI=1S/C16H21N5O/c1-19-7-9-20(10-8-19)18-16(22)15-11-17-21(13-15)12-14-5-3-2-4-6-14/h2-6,11,13H,7-10,12H2,1H3,(H,18,22)/p+1. The molecule has 1 fully saturated rings. The van der Waals surface area contributed by atoms with E-state index in [1.807, 2.05) is 35.3 Å². The van der Waals surface area contributed by atoms with Gasteiger partial charge in [0.15, 0.2) is 0 Å². The monoisotopic (exact) mass is 300 g/mol. The maximum Gasteiger partial charge on any atom is 0.268 e. The summed E-state index contributed by atoms with van der Waals surface area (Å²) in [4.78, 5) is 13.7. The fraction of sp³-hybridized carbons (Fsp3) is 0.375. The Morgan fingerprint density at radius 3 is 2.73 bits per heavy atom. The number of benzene rings is 1. The van der Waals surface area contributed by atoms with E-state index in [-0.39, 0.29) is 5.91 Å². The smallest absolute Gasteiger partial charge is 0.268 e. The summed E-state index contributed by atoms with van der Waals surface area (Å²) in [6.45, 7) is 4.54. The van der Waals surface area contributed by atoms with Crippen molar-refractivity contribution in [3.8, 4) is 0 Å². The first-order valence-electron chi connectivity index (χ1n) is 7.64. The van der Waals surface area contributed by atoms with Gasteiger partial charge in [-0.2, -0.15) is 5.10 Å². The van der Waals surface area contributed by atoms with Gasteiger partial charge in [0.1, 0.15) is 0 Å². The molecule has 1 saturated heterocycles. The number of nitrogens with one attached hydrogen (secondary N) is 2. The van der Waals surface area contributed by atoms with Crippen LogP contribution in [0.25, 0.3) is 0 Å². The fourth-order valence-corrected chi connectivity index (χ4v) is 2.55. The number of likely N-dealkylation sites (N-methyl/N-ethyl adjacent to an activating group) is 1. The molecule has 6 nitrogen and oxygen atoms in total. The molecule has 1 aliphatic heterocycles. The van der Waals surface area contributed by atoms with Crippen molar-refractivity contribution >= 4 is 5.91 Å². The maximum atomic E-state index is 12.2. The van der Waals surface area contributed by atoms with Crippen molar-refractivity contribution in [2.24, 2.45) is 0 Å². The molecule has 1 aromatic carbocycles. The van der Waals surface area contributed by atoms with E-state index in [4.69, 9.17) is 0 Å². The van der Waals surface area contributed by atoms with E-state index in [9.17, 15) is 4.79 Å². The Morgan fingerprint density at radius 2 is 2.00 bits per heavy atom. The van der Waals surface area contributed by atoms with Gasteiger partial charge in [-0.3, -0.25) is 14.9 Å². The van der Waals surface area contributed by atoms with Gasteiger partial charge >= 0.3 is 0 Å². The first-order chi connectivity index (χ1) is 10.7. The Labute approximate surface area is 130 Å². The van der Waals surface area contributed by atoms with Crippen molar-refractivity contribution in [2.45, 2.75) is 6.54 Å². The van der Waals surface area contributed by atoms with Gasteiger partial charge in [0.05, 0.1) is 51.5 Å². The van der Waals surface area contributed by atoms with Crippen LogP contribution in [0, 0.1) is 0 Å². The molecule has 22 heavy (non-hydrogen) atoms. The molecule has 0 unspecified atom stereocenters. The third-order valence-electron chi connectivity index (χ3n) is 3.96. The normalized spacial score (nSPS) is 16.6. The van der Waals surface area contributed by atoms with E-state index in [2.05, 4.69) is 17.6 Å². The van der Waals surface area contributed by atoms with E-state index < -0.39 is 0 Å². The number of hydrogen-bond acceptors (Lipinski definition) is 3. The van der Waals surface area contributed by atoms with Crippen molar-refractivity contribution in [1.82, 2.24) is 20.2 Å². The highest BCUT2D eigenvalue weighted by atomic mass is 16.2. The summed E-state index contributed by atoms with van der Waals surface area (Å²) >= 11 is 0. The summed E-state index contributed by atoms with van der Waals surface area (Å²) < 4.78 is 1.79. The summed E-state index contributed by atoms with van der Waals surface area (Å²) in [5, 5.41) is 6.26. The SMILES string of the molecule is C[NH+]1CCN(NC(=O)c2cnn(Cc3ccccc3)c2)CC1. The van der Waals surface area contributed by atoms with E-state index in [1.54, 1.807) is 17.1 Å². The molecule has 2 N–H and O–H groups in total. The number of carbonyl (C=O) groups is 1. The summed E-state index contributed by atoms with van der Waals surface area (Å²) in [5.74, 6) is -0.0844. The summed E-state index contributed by atoms with van der Waals surface area (Å²) in [6, 6.07) is 10.1. The minimum absolute atomic E-state index is 0.0844. The molecule has 2 heterocycles. The quantitative estimate of drug-likeness (QED) is 0.793. The number of rotatable bonds is 4. The van der Waals surface area contributed by atoms with Gasteiger partial charge in [0.2, 0.25) is 0 Å². The average Bonchev–Trinajstić information content (AvgIpc) is 2.99. The van der Waals surface area contributed by atoms with Crippen molar-refractivity contribution < 1.29 is 9.69 Å². The molecule has 1 aliphatic rings. The average molecular weight is 300 g/mol. The summed E-state index contributed by atoms with van der Waals surface area (Å²) in [7, 11) is 2.17. The first-order valence-corrected chi connectivity index (χ1v) is 7.64. The summed E-state index contributed by atoms with van der Waals surface area (Å²) in [6.07, 6.45) is 3.42. The summed E-state index contributed by atoms with van der Waals surface area (Å²) in [5.41, 5.74) is 4.73. The van der Waals surface area contributed by atoms with Gasteiger partial charge in [-0.25, -0.2) is 5.01 Å². The van der Waals surface area contributed by atoms with Crippen molar-refractivity contribution in [1.29, 1.82) is 0 Å². The number of nitrogens with zero attached hydrogens (tertiary/aromatic N) is 3. The number of carbonyl (C=O) groups excluding carboxylic acids is 1. The minimum atomic E-state index is -0.0844. The molecule has 0 bridgehead atoms. The van der Waals surface area contributed by atoms with Crippen LogP contribution in [0.15, 0.2) is 42.7 Å². The Hall–Kier alpha value is -2.18.